The molecule has 1 fully saturated rings. The van der Waals surface area contributed by atoms with E-state index in [0.29, 0.717) is 23.2 Å². The molecular formula is C32H33N5O3. The van der Waals surface area contributed by atoms with Crippen LogP contribution in [0.15, 0.2) is 84.9 Å². The van der Waals surface area contributed by atoms with Gasteiger partial charge in [-0.05, 0) is 44.0 Å². The highest BCUT2D eigenvalue weighted by atomic mass is 16.2. The topological polar surface area (TPSA) is 103 Å². The fourth-order valence-electron chi connectivity index (χ4n) is 5.00. The molecule has 1 aliphatic heterocycles. The van der Waals surface area contributed by atoms with Gasteiger partial charge in [0.25, 0.3) is 5.91 Å². The van der Waals surface area contributed by atoms with Crippen LogP contribution in [0, 0.1) is 6.92 Å². The van der Waals surface area contributed by atoms with Crippen molar-refractivity contribution >= 4 is 34.3 Å². The van der Waals surface area contributed by atoms with Crippen molar-refractivity contribution in [2.24, 2.45) is 0 Å². The molecule has 0 aliphatic carbocycles. The maximum absolute atomic E-state index is 12.8. The number of benzene rings is 3. The fraction of sp³-hybridized carbons (Fsp3) is 0.250. The highest BCUT2D eigenvalue weighted by molar-refractivity contribution is 6.09. The first-order valence-electron chi connectivity index (χ1n) is 13.6. The molecule has 0 bridgehead atoms. The van der Waals surface area contributed by atoms with Crippen LogP contribution in [-0.2, 0) is 0 Å². The van der Waals surface area contributed by atoms with Gasteiger partial charge < -0.3 is 20.9 Å². The summed E-state index contributed by atoms with van der Waals surface area (Å²) in [5, 5.41) is 9.92. The molecule has 0 unspecified atom stereocenters. The van der Waals surface area contributed by atoms with Crippen LogP contribution in [0.3, 0.4) is 0 Å². The molecule has 0 radical (unpaired) electrons. The van der Waals surface area contributed by atoms with E-state index in [1.807, 2.05) is 55.5 Å². The van der Waals surface area contributed by atoms with E-state index in [4.69, 9.17) is 0 Å². The Morgan fingerprint density at radius 1 is 0.850 bits per heavy atom. The zero-order valence-corrected chi connectivity index (χ0v) is 22.5. The van der Waals surface area contributed by atoms with E-state index in [9.17, 15) is 14.4 Å². The first-order chi connectivity index (χ1) is 19.5. The molecule has 0 atom stereocenters. The molecule has 204 valence electrons. The van der Waals surface area contributed by atoms with Crippen molar-refractivity contribution in [3.05, 3.63) is 107 Å². The number of likely N-dealkylation sites (tertiary alicyclic amines) is 1. The van der Waals surface area contributed by atoms with Gasteiger partial charge in [-0.1, -0.05) is 60.7 Å². The second kappa shape index (κ2) is 12.5. The summed E-state index contributed by atoms with van der Waals surface area (Å²) >= 11 is 0. The van der Waals surface area contributed by atoms with E-state index >= 15 is 0 Å². The predicted molar refractivity (Wildman–Crippen MR) is 157 cm³/mol. The number of nitrogens with one attached hydrogen (secondary N) is 3. The minimum Gasteiger partial charge on any atom is -0.349 e. The number of rotatable bonds is 8. The smallest absolute Gasteiger partial charge is 0.319 e. The maximum atomic E-state index is 12.8. The average molecular weight is 536 g/mol. The van der Waals surface area contributed by atoms with Gasteiger partial charge in [0.1, 0.15) is 0 Å². The summed E-state index contributed by atoms with van der Waals surface area (Å²) in [6, 6.07) is 25.4. The summed E-state index contributed by atoms with van der Waals surface area (Å²) in [4.78, 5) is 44.7. The number of piperidine rings is 1. The molecule has 4 aromatic rings. The number of pyridine rings is 1. The van der Waals surface area contributed by atoms with Crippen molar-refractivity contribution in [2.45, 2.75) is 25.8 Å². The van der Waals surface area contributed by atoms with E-state index in [-0.39, 0.29) is 23.8 Å². The number of fused-ring (bicyclic) bond motifs is 1. The van der Waals surface area contributed by atoms with Crippen LogP contribution in [0.1, 0.15) is 44.8 Å². The Kier molecular flexibility index (Phi) is 8.47. The number of hydrogen-bond acceptors (Lipinski definition) is 5. The quantitative estimate of drug-likeness (QED) is 0.282. The summed E-state index contributed by atoms with van der Waals surface area (Å²) < 4.78 is 0. The second-order valence-electron chi connectivity index (χ2n) is 10.1. The third-order valence-corrected chi connectivity index (χ3v) is 7.17. The van der Waals surface area contributed by atoms with E-state index < -0.39 is 0 Å². The SMILES string of the molecule is Cc1cc(NC(=O)NCCN2CCC(NC(=O)c3ccc(C(=O)c4ccccc4)cc3)CC2)c2ccccc2n1. The Labute approximate surface area is 233 Å². The maximum Gasteiger partial charge on any atom is 0.319 e. The number of carbonyl (C=O) groups excluding carboxylic acids is 3. The predicted octanol–water partition coefficient (Wildman–Crippen LogP) is 4.79. The molecule has 2 heterocycles. The second-order valence-corrected chi connectivity index (χ2v) is 10.1. The van der Waals surface area contributed by atoms with Gasteiger partial charge in [0.05, 0.1) is 11.2 Å². The number of para-hydroxylation sites is 1. The third kappa shape index (κ3) is 6.71. The minimum atomic E-state index is -0.241. The fourth-order valence-corrected chi connectivity index (χ4v) is 5.00. The van der Waals surface area contributed by atoms with Gasteiger partial charge in [-0.3, -0.25) is 14.6 Å². The Morgan fingerprint density at radius 2 is 1.50 bits per heavy atom. The lowest BCUT2D eigenvalue weighted by atomic mass is 10.0. The number of ketones is 1. The van der Waals surface area contributed by atoms with Gasteiger partial charge in [-0.2, -0.15) is 0 Å². The minimum absolute atomic E-state index is 0.0622. The number of aromatic nitrogens is 1. The number of anilines is 1. The molecule has 3 amide bonds. The van der Waals surface area contributed by atoms with Gasteiger partial charge in [-0.25, -0.2) is 4.79 Å². The van der Waals surface area contributed by atoms with E-state index in [0.717, 1.165) is 54.8 Å². The molecular weight excluding hydrogens is 502 g/mol. The number of amides is 3. The lowest BCUT2D eigenvalue weighted by Gasteiger charge is -2.32. The van der Waals surface area contributed by atoms with Crippen LogP contribution in [0.25, 0.3) is 10.9 Å². The van der Waals surface area contributed by atoms with Crippen LogP contribution in [-0.4, -0.2) is 59.8 Å². The van der Waals surface area contributed by atoms with Crippen LogP contribution < -0.4 is 16.0 Å². The number of aryl methyl sites for hydroxylation is 1. The van der Waals surface area contributed by atoms with E-state index in [2.05, 4.69) is 25.8 Å². The number of nitrogens with zero attached hydrogens (tertiary/aromatic N) is 2. The summed E-state index contributed by atoms with van der Waals surface area (Å²) in [6.07, 6.45) is 1.68. The van der Waals surface area contributed by atoms with Crippen molar-refractivity contribution in [2.75, 3.05) is 31.5 Å². The number of urea groups is 1. The standard InChI is InChI=1S/C32H33N5O3/c1-22-21-29(27-9-5-6-10-28(27)34-22)36-32(40)33-17-20-37-18-15-26(16-19-37)35-31(39)25-13-11-24(12-14-25)30(38)23-7-3-2-4-8-23/h2-14,21,26H,15-20H2,1H3,(H,35,39)(H2,33,34,36,40). The highest BCUT2D eigenvalue weighted by Gasteiger charge is 2.21. The molecule has 1 aliphatic rings. The molecule has 5 rings (SSSR count). The van der Waals surface area contributed by atoms with Crippen molar-refractivity contribution in [3.8, 4) is 0 Å². The molecule has 8 nitrogen and oxygen atoms in total. The Morgan fingerprint density at radius 3 is 2.25 bits per heavy atom. The van der Waals surface area contributed by atoms with Crippen molar-refractivity contribution in [1.29, 1.82) is 0 Å². The van der Waals surface area contributed by atoms with Crippen molar-refractivity contribution in [1.82, 2.24) is 20.5 Å². The van der Waals surface area contributed by atoms with Gasteiger partial charge in [0.15, 0.2) is 5.78 Å². The van der Waals surface area contributed by atoms with Gasteiger partial charge in [0, 0.05) is 60.0 Å². The summed E-state index contributed by atoms with van der Waals surface area (Å²) in [7, 11) is 0. The Hall–Kier alpha value is -4.56. The molecule has 1 aromatic heterocycles. The average Bonchev–Trinajstić information content (AvgIpc) is 2.98. The van der Waals surface area contributed by atoms with Crippen molar-refractivity contribution in [3.63, 3.8) is 0 Å². The first-order valence-corrected chi connectivity index (χ1v) is 13.6. The Bertz CT molecular complexity index is 1500. The van der Waals surface area contributed by atoms with Crippen LogP contribution in [0.4, 0.5) is 10.5 Å². The Balaban J connectivity index is 1.03. The van der Waals surface area contributed by atoms with E-state index in [1.54, 1.807) is 36.4 Å². The largest absolute Gasteiger partial charge is 0.349 e. The van der Waals surface area contributed by atoms with Gasteiger partial charge >= 0.3 is 6.03 Å². The lowest BCUT2D eigenvalue weighted by Crippen LogP contribution is -2.46. The highest BCUT2D eigenvalue weighted by Crippen LogP contribution is 2.22. The molecule has 3 aromatic carbocycles. The van der Waals surface area contributed by atoms with E-state index in [1.165, 1.54) is 0 Å². The summed E-state index contributed by atoms with van der Waals surface area (Å²) in [6.45, 7) is 4.85. The first kappa shape index (κ1) is 27.0. The molecule has 40 heavy (non-hydrogen) atoms. The monoisotopic (exact) mass is 535 g/mol. The van der Waals surface area contributed by atoms with Gasteiger partial charge in [-0.15, -0.1) is 0 Å². The zero-order chi connectivity index (χ0) is 27.9. The van der Waals surface area contributed by atoms with Crippen LogP contribution in [0.5, 0.6) is 0 Å². The number of carbonyl (C=O) groups is 3. The zero-order valence-electron chi connectivity index (χ0n) is 22.5. The molecule has 0 spiro atoms. The lowest BCUT2D eigenvalue weighted by molar-refractivity contribution is 0.0910. The van der Waals surface area contributed by atoms with Gasteiger partial charge in [0.2, 0.25) is 0 Å². The van der Waals surface area contributed by atoms with Crippen LogP contribution >= 0.6 is 0 Å². The van der Waals surface area contributed by atoms with Crippen LogP contribution in [0.2, 0.25) is 0 Å². The number of hydrogen-bond donors (Lipinski definition) is 3. The molecule has 8 heteroatoms. The third-order valence-electron chi connectivity index (χ3n) is 7.17. The van der Waals surface area contributed by atoms with Crippen molar-refractivity contribution < 1.29 is 14.4 Å². The summed E-state index contributed by atoms with van der Waals surface area (Å²) in [5.74, 6) is -0.192. The molecule has 1 saturated heterocycles. The summed E-state index contributed by atoms with van der Waals surface area (Å²) in [5.41, 5.74) is 4.17. The molecule has 0 saturated carbocycles. The normalized spacial score (nSPS) is 14.0. The molecule has 3 N–H and O–H groups in total.